The Morgan fingerprint density at radius 3 is 1.53 bits per heavy atom. The van der Waals surface area contributed by atoms with Gasteiger partial charge in [-0.2, -0.15) is 15.0 Å². The molecule has 0 aliphatic carbocycles. The van der Waals surface area contributed by atoms with Crippen LogP contribution in [0.25, 0.3) is 77.7 Å². The summed E-state index contributed by atoms with van der Waals surface area (Å²) in [6.45, 7) is 0.0191. The number of hydrogen-bond donors (Lipinski definition) is 0. The monoisotopic (exact) mass is 970 g/mol. The Hall–Kier alpha value is -9.63. The maximum absolute atomic E-state index is 5.69. The van der Waals surface area contributed by atoms with E-state index in [1.807, 2.05) is 0 Å². The summed E-state index contributed by atoms with van der Waals surface area (Å²) in [6.07, 6.45) is 0. The summed E-state index contributed by atoms with van der Waals surface area (Å²) in [5.41, 5.74) is 12.5. The van der Waals surface area contributed by atoms with Gasteiger partial charge in [0.2, 0.25) is 18.6 Å². The molecule has 75 heavy (non-hydrogen) atoms. The first-order valence-electron chi connectivity index (χ1n) is 25.7. The molecule has 6 nitrogen and oxygen atoms in total. The molecule has 0 spiro atoms. The molecule has 0 radical (unpaired) electrons. The highest BCUT2D eigenvalue weighted by Crippen LogP contribution is 2.44. The lowest BCUT2D eigenvalue weighted by Crippen LogP contribution is -2.74. The quantitative estimate of drug-likeness (QED) is 0.112. The minimum Gasteiger partial charge on any atom is -0.311 e. The van der Waals surface area contributed by atoms with E-state index >= 15 is 0 Å². The van der Waals surface area contributed by atoms with Crippen molar-refractivity contribution in [3.05, 3.63) is 261 Å². The molecule has 0 atom stereocenters. The molecule has 5 heterocycles. The Kier molecular flexibility index (Phi) is 9.05. The Morgan fingerprint density at radius 1 is 0.347 bits per heavy atom. The van der Waals surface area contributed by atoms with Crippen LogP contribution in [0.1, 0.15) is 0 Å². The van der Waals surface area contributed by atoms with E-state index in [1.165, 1.54) is 70.1 Å². The number of anilines is 3. The molecule has 8 heteroatoms. The van der Waals surface area contributed by atoms with Crippen molar-refractivity contribution in [3.63, 3.8) is 0 Å². The van der Waals surface area contributed by atoms with Gasteiger partial charge in [-0.15, -0.1) is 0 Å². The van der Waals surface area contributed by atoms with E-state index in [0.717, 1.165) is 44.1 Å². The van der Waals surface area contributed by atoms with Gasteiger partial charge in [0.1, 0.15) is 0 Å². The predicted molar refractivity (Wildman–Crippen MR) is 314 cm³/mol. The van der Waals surface area contributed by atoms with Crippen LogP contribution < -0.4 is 42.0 Å². The molecule has 2 aliphatic heterocycles. The minimum atomic E-state index is -2.92. The molecule has 0 fully saturated rings. The van der Waals surface area contributed by atoms with Crippen molar-refractivity contribution in [2.24, 2.45) is 0 Å². The van der Waals surface area contributed by atoms with E-state index in [4.69, 9.17) is 15.0 Å². The maximum atomic E-state index is 5.69. The molecule has 14 aromatic rings. The molecule has 0 bridgehead atoms. The largest absolute Gasteiger partial charge is 0.311 e. The first-order valence-corrected chi connectivity index (χ1v) is 27.7. The van der Waals surface area contributed by atoms with Gasteiger partial charge >= 0.3 is 0 Å². The van der Waals surface area contributed by atoms with Crippen LogP contribution >= 0.6 is 0 Å². The number of fused-ring (bicyclic) bond motifs is 6. The Bertz CT molecular complexity index is 4460. The Labute approximate surface area is 434 Å². The summed E-state index contributed by atoms with van der Waals surface area (Å²) in [5, 5.41) is 12.4. The Morgan fingerprint density at radius 2 is 0.867 bits per heavy atom. The van der Waals surface area contributed by atoms with Gasteiger partial charge in [0.05, 0.1) is 22.1 Å². The van der Waals surface area contributed by atoms with Crippen molar-refractivity contribution < 1.29 is 0 Å². The van der Waals surface area contributed by atoms with Crippen molar-refractivity contribution in [1.82, 2.24) is 24.1 Å². The lowest BCUT2D eigenvalue weighted by molar-refractivity contribution is 0.893. The highest BCUT2D eigenvalue weighted by molar-refractivity contribution is 7.20. The molecule has 0 amide bonds. The third kappa shape index (κ3) is 5.94. The summed E-state index contributed by atoms with van der Waals surface area (Å²) < 4.78 is 4.55. The van der Waals surface area contributed by atoms with Crippen LogP contribution in [0.15, 0.2) is 261 Å². The summed E-state index contributed by atoms with van der Waals surface area (Å²) in [5.74, 6) is 1.72. The molecule has 0 saturated heterocycles. The van der Waals surface area contributed by atoms with Gasteiger partial charge < -0.3 is 4.90 Å². The predicted octanol–water partition coefficient (Wildman–Crippen LogP) is 10.9. The molecule has 3 aromatic heterocycles. The van der Waals surface area contributed by atoms with Gasteiger partial charge in [-0.3, -0.25) is 9.13 Å². The highest BCUT2D eigenvalue weighted by Gasteiger charge is 2.43. The second-order valence-corrected chi connectivity index (χ2v) is 23.7. The fourth-order valence-corrected chi connectivity index (χ4v) is 17.9. The standard InChI is InChI=1S/C67H43BN6Si/c1-5-23-46(24-6-1)72-57-38-18-15-34-53(57)68-54-35-20-21-44-39-40-58-62(61(44)54)63-59(41-42-60(72)64(63)68)74(58)67-70-65(69-66(71-67)73-55-36-16-13-32-51(55)52-33-14-17-37-56(52)73)45-22-19-31-50(43-45)75(47-25-7-2-8-26-47,48-27-9-3-10-28-48)49-29-11-4-12-30-49/h1-43H. The van der Waals surface area contributed by atoms with Crippen molar-refractivity contribution in [2.75, 3.05) is 4.90 Å². The third-order valence-corrected chi connectivity index (χ3v) is 20.9. The van der Waals surface area contributed by atoms with E-state index in [9.17, 15) is 0 Å². The van der Waals surface area contributed by atoms with Gasteiger partial charge in [0.15, 0.2) is 13.9 Å². The highest BCUT2D eigenvalue weighted by atomic mass is 28.3. The van der Waals surface area contributed by atoms with Crippen LogP contribution in [0.4, 0.5) is 17.1 Å². The van der Waals surface area contributed by atoms with Crippen molar-refractivity contribution in [2.45, 2.75) is 0 Å². The van der Waals surface area contributed by atoms with Gasteiger partial charge in [-0.25, -0.2) is 0 Å². The lowest BCUT2D eigenvalue weighted by atomic mass is 9.33. The smallest absolute Gasteiger partial charge is 0.248 e. The SMILES string of the molecule is c1ccc(N2c3ccccc3B3c4cccc5ccc6c(c45)c4c3c2ccc4n6-c2nc(-c3cccc([Si](c4ccccc4)(c4ccccc4)c4ccccc4)c3)nc(-n3c4ccccc4c4ccccc43)n2)cc1. The summed E-state index contributed by atoms with van der Waals surface area (Å²) in [7, 11) is -2.92. The van der Waals surface area contributed by atoms with Crippen LogP contribution in [0.5, 0.6) is 0 Å². The van der Waals surface area contributed by atoms with Crippen molar-refractivity contribution in [3.8, 4) is 23.3 Å². The van der Waals surface area contributed by atoms with Gasteiger partial charge in [-0.05, 0) is 91.0 Å². The molecule has 0 saturated carbocycles. The van der Waals surface area contributed by atoms with Crippen LogP contribution in [0.3, 0.4) is 0 Å². The number of rotatable bonds is 8. The van der Waals surface area contributed by atoms with Gasteiger partial charge in [0, 0.05) is 44.2 Å². The average Bonchev–Trinajstić information content (AvgIpc) is 4.19. The van der Waals surface area contributed by atoms with E-state index in [2.05, 4.69) is 275 Å². The maximum Gasteiger partial charge on any atom is 0.248 e. The average molecular weight is 971 g/mol. The number of aromatic nitrogens is 5. The molecule has 0 N–H and O–H groups in total. The van der Waals surface area contributed by atoms with Crippen LogP contribution in [0, 0.1) is 0 Å². The number of nitrogens with zero attached hydrogens (tertiary/aromatic N) is 6. The topological polar surface area (TPSA) is 51.8 Å². The van der Waals surface area contributed by atoms with E-state index < -0.39 is 8.07 Å². The van der Waals surface area contributed by atoms with E-state index in [1.54, 1.807) is 0 Å². The number of para-hydroxylation sites is 4. The van der Waals surface area contributed by atoms with E-state index in [0.29, 0.717) is 17.7 Å². The number of hydrogen-bond acceptors (Lipinski definition) is 4. The van der Waals surface area contributed by atoms with E-state index in [-0.39, 0.29) is 6.71 Å². The third-order valence-electron chi connectivity index (χ3n) is 16.1. The summed E-state index contributed by atoms with van der Waals surface area (Å²) >= 11 is 0. The number of benzene rings is 11. The second kappa shape index (κ2) is 16.2. The molecule has 11 aromatic carbocycles. The zero-order valence-corrected chi connectivity index (χ0v) is 41.6. The zero-order chi connectivity index (χ0) is 49.2. The molecular formula is C67H43BN6Si. The zero-order valence-electron chi connectivity index (χ0n) is 40.6. The lowest BCUT2D eigenvalue weighted by Gasteiger charge is -2.38. The van der Waals surface area contributed by atoms with Crippen LogP contribution in [0.2, 0.25) is 0 Å². The fourth-order valence-electron chi connectivity index (χ4n) is 13.1. The van der Waals surface area contributed by atoms with Crippen LogP contribution in [-0.4, -0.2) is 38.9 Å². The first kappa shape index (κ1) is 41.9. The second-order valence-electron chi connectivity index (χ2n) is 19.9. The molecular weight excluding hydrogens is 928 g/mol. The van der Waals surface area contributed by atoms with Gasteiger partial charge in [0.25, 0.3) is 0 Å². The fraction of sp³-hybridized carbons (Fsp3) is 0. The minimum absolute atomic E-state index is 0.0191. The van der Waals surface area contributed by atoms with Gasteiger partial charge in [-0.1, -0.05) is 218 Å². The Balaban J connectivity index is 1.01. The van der Waals surface area contributed by atoms with Crippen molar-refractivity contribution in [1.29, 1.82) is 0 Å². The molecule has 2 aliphatic rings. The molecule has 0 unspecified atom stereocenters. The molecule has 348 valence electrons. The summed E-state index contributed by atoms with van der Waals surface area (Å²) in [6, 6.07) is 95.3. The van der Waals surface area contributed by atoms with Crippen LogP contribution in [-0.2, 0) is 0 Å². The first-order chi connectivity index (χ1) is 37.2. The van der Waals surface area contributed by atoms with Crippen molar-refractivity contribution >= 4 is 123 Å². The normalized spacial score (nSPS) is 12.7. The molecule has 16 rings (SSSR count). The summed E-state index contributed by atoms with van der Waals surface area (Å²) in [4.78, 5) is 19.4.